The van der Waals surface area contributed by atoms with Crippen molar-refractivity contribution in [2.45, 2.75) is 25.6 Å². The molecule has 1 rings (SSSR count). The highest BCUT2D eigenvalue weighted by molar-refractivity contribution is 8.13. The van der Waals surface area contributed by atoms with Gasteiger partial charge in [-0.15, -0.1) is 0 Å². The van der Waals surface area contributed by atoms with Crippen LogP contribution in [-0.2, 0) is 4.79 Å². The highest BCUT2D eigenvalue weighted by Crippen LogP contribution is 2.27. The van der Waals surface area contributed by atoms with E-state index in [9.17, 15) is 25.1 Å². The number of carbonyl (C=O) groups excluding carboxylic acids is 1. The van der Waals surface area contributed by atoms with Gasteiger partial charge in [-0.05, 0) is 6.42 Å². The molecule has 1 heterocycles. The van der Waals surface area contributed by atoms with E-state index in [2.05, 4.69) is 4.98 Å². The zero-order valence-corrected chi connectivity index (χ0v) is 11.5. The van der Waals surface area contributed by atoms with Crippen LogP contribution in [0.3, 0.4) is 0 Å². The molecule has 0 fully saturated rings. The smallest absolute Gasteiger partial charge is 0.288 e. The molecule has 20 heavy (non-hydrogen) atoms. The molecule has 0 aliphatic heterocycles. The number of nitrogens with two attached hydrogens (primary N) is 1. The molecule has 0 radical (unpaired) electrons. The molecule has 1 aromatic rings. The van der Waals surface area contributed by atoms with E-state index in [1.165, 1.54) is 6.92 Å². The maximum absolute atomic E-state index is 10.8. The fraction of sp³-hybridized carbons (Fsp3) is 0.455. The van der Waals surface area contributed by atoms with Crippen molar-refractivity contribution in [3.63, 3.8) is 0 Å². The second kappa shape index (κ2) is 7.17. The number of aliphatic hydroxyl groups excluding tert-OH is 2. The zero-order valence-electron chi connectivity index (χ0n) is 10.7. The highest BCUT2D eigenvalue weighted by atomic mass is 32.2. The molecule has 0 aromatic carbocycles. The van der Waals surface area contributed by atoms with Crippen molar-refractivity contribution in [1.82, 2.24) is 4.98 Å². The minimum absolute atomic E-state index is 0.000440. The predicted molar refractivity (Wildman–Crippen MR) is 74.0 cm³/mol. The van der Waals surface area contributed by atoms with Crippen molar-refractivity contribution in [3.05, 3.63) is 27.9 Å². The Hall–Kier alpha value is -1.71. The van der Waals surface area contributed by atoms with Gasteiger partial charge in [-0.2, -0.15) is 0 Å². The van der Waals surface area contributed by atoms with Crippen molar-refractivity contribution >= 4 is 28.4 Å². The van der Waals surface area contributed by atoms with Crippen LogP contribution in [0.1, 0.15) is 25.0 Å². The summed E-state index contributed by atoms with van der Waals surface area (Å²) in [6, 6.07) is 1.08. The van der Waals surface area contributed by atoms with Crippen molar-refractivity contribution in [1.29, 1.82) is 0 Å². The summed E-state index contributed by atoms with van der Waals surface area (Å²) in [6.45, 7) is 1.40. The Morgan fingerprint density at radius 3 is 2.80 bits per heavy atom. The number of anilines is 1. The van der Waals surface area contributed by atoms with E-state index in [1.54, 1.807) is 0 Å². The summed E-state index contributed by atoms with van der Waals surface area (Å²) in [6.07, 6.45) is -1.46. The number of nitro groups is 1. The van der Waals surface area contributed by atoms with Gasteiger partial charge in [0.25, 0.3) is 5.69 Å². The Bertz CT molecular complexity index is 511. The largest absolute Gasteiger partial charge is 0.390 e. The van der Waals surface area contributed by atoms with Gasteiger partial charge in [0.15, 0.2) is 5.12 Å². The predicted octanol–water partition coefficient (Wildman–Crippen LogP) is 0.636. The fourth-order valence-electron chi connectivity index (χ4n) is 1.51. The summed E-state index contributed by atoms with van der Waals surface area (Å²) in [4.78, 5) is 24.3. The Morgan fingerprint density at radius 1 is 1.60 bits per heavy atom. The van der Waals surface area contributed by atoms with Crippen LogP contribution in [0.25, 0.3) is 0 Å². The minimum Gasteiger partial charge on any atom is -0.390 e. The van der Waals surface area contributed by atoms with Crippen LogP contribution in [0.2, 0.25) is 0 Å². The van der Waals surface area contributed by atoms with Crippen LogP contribution >= 0.6 is 11.8 Å². The second-order valence-corrected chi connectivity index (χ2v) is 5.34. The molecule has 0 amide bonds. The summed E-state index contributed by atoms with van der Waals surface area (Å²) in [7, 11) is 0. The third kappa shape index (κ3) is 4.44. The first kappa shape index (κ1) is 16.3. The van der Waals surface area contributed by atoms with Crippen LogP contribution in [0.15, 0.2) is 12.3 Å². The summed E-state index contributed by atoms with van der Waals surface area (Å²) >= 11 is 1.02. The first-order valence-corrected chi connectivity index (χ1v) is 6.70. The van der Waals surface area contributed by atoms with Crippen LogP contribution < -0.4 is 5.73 Å². The molecule has 2 atom stereocenters. The monoisotopic (exact) mass is 301 g/mol. The molecule has 0 aliphatic carbocycles. The standard InChI is InChI=1S/C11H15N3O5S/c1-6(15)20-3-2-9(16)10(17)8-4-7(14(18)19)5-13-11(8)12/h4-5,9-10,16-17H,2-3H2,1H3,(H2,12,13). The van der Waals surface area contributed by atoms with E-state index < -0.39 is 17.1 Å². The molecule has 2 unspecified atom stereocenters. The lowest BCUT2D eigenvalue weighted by Crippen LogP contribution is -2.21. The topological polar surface area (TPSA) is 140 Å². The Balaban J connectivity index is 2.79. The summed E-state index contributed by atoms with van der Waals surface area (Å²) < 4.78 is 0. The quantitative estimate of drug-likeness (QED) is 0.513. The number of carbonyl (C=O) groups is 1. The Labute approximate surface area is 119 Å². The fourth-order valence-corrected chi connectivity index (χ4v) is 2.15. The SMILES string of the molecule is CC(=O)SCCC(O)C(O)c1cc([N+](=O)[O-])cnc1N. The van der Waals surface area contributed by atoms with Crippen LogP contribution in [-0.4, -0.2) is 37.1 Å². The zero-order chi connectivity index (χ0) is 15.3. The normalized spacial score (nSPS) is 13.8. The van der Waals surface area contributed by atoms with E-state index in [-0.39, 0.29) is 28.6 Å². The average molecular weight is 301 g/mol. The number of nitrogens with zero attached hydrogens (tertiary/aromatic N) is 2. The third-order valence-corrected chi connectivity index (χ3v) is 3.39. The minimum atomic E-state index is -1.39. The number of thioether (sulfide) groups is 1. The lowest BCUT2D eigenvalue weighted by molar-refractivity contribution is -0.385. The maximum Gasteiger partial charge on any atom is 0.288 e. The Morgan fingerprint density at radius 2 is 2.25 bits per heavy atom. The molecule has 4 N–H and O–H groups in total. The molecule has 0 bridgehead atoms. The van der Waals surface area contributed by atoms with E-state index in [0.717, 1.165) is 24.0 Å². The van der Waals surface area contributed by atoms with E-state index in [1.807, 2.05) is 0 Å². The Kier molecular flexibility index (Phi) is 5.86. The van der Waals surface area contributed by atoms with Gasteiger partial charge >= 0.3 is 0 Å². The van der Waals surface area contributed by atoms with Gasteiger partial charge in [-0.25, -0.2) is 4.98 Å². The second-order valence-electron chi connectivity index (χ2n) is 4.07. The van der Waals surface area contributed by atoms with Gasteiger partial charge in [0, 0.05) is 24.3 Å². The molecule has 9 heteroatoms. The van der Waals surface area contributed by atoms with Gasteiger partial charge < -0.3 is 15.9 Å². The van der Waals surface area contributed by atoms with Gasteiger partial charge in [0.1, 0.15) is 18.1 Å². The van der Waals surface area contributed by atoms with Gasteiger partial charge in [0.2, 0.25) is 0 Å². The van der Waals surface area contributed by atoms with Crippen LogP contribution in [0.4, 0.5) is 11.5 Å². The summed E-state index contributed by atoms with van der Waals surface area (Å²) in [5.74, 6) is 0.247. The number of aromatic nitrogens is 1. The van der Waals surface area contributed by atoms with E-state index in [0.29, 0.717) is 5.75 Å². The number of aliphatic hydroxyl groups is 2. The lowest BCUT2D eigenvalue weighted by atomic mass is 10.0. The molecular weight excluding hydrogens is 286 g/mol. The summed E-state index contributed by atoms with van der Waals surface area (Å²) in [5.41, 5.74) is 5.22. The van der Waals surface area contributed by atoms with Crippen molar-refractivity contribution in [2.75, 3.05) is 11.5 Å². The molecular formula is C11H15N3O5S. The molecule has 1 aromatic heterocycles. The van der Waals surface area contributed by atoms with Gasteiger partial charge in [0.05, 0.1) is 11.0 Å². The lowest BCUT2D eigenvalue weighted by Gasteiger charge is -2.18. The number of nitrogen functional groups attached to an aromatic ring is 1. The molecule has 0 saturated carbocycles. The van der Waals surface area contributed by atoms with Crippen molar-refractivity contribution in [2.24, 2.45) is 0 Å². The number of pyridine rings is 1. The van der Waals surface area contributed by atoms with Crippen LogP contribution in [0, 0.1) is 10.1 Å². The molecule has 0 spiro atoms. The first-order chi connectivity index (χ1) is 9.32. The number of hydrogen-bond donors (Lipinski definition) is 3. The highest BCUT2D eigenvalue weighted by Gasteiger charge is 2.23. The molecule has 0 aliphatic rings. The number of hydrogen-bond acceptors (Lipinski definition) is 8. The van der Waals surface area contributed by atoms with E-state index >= 15 is 0 Å². The maximum atomic E-state index is 10.8. The molecule has 8 nitrogen and oxygen atoms in total. The van der Waals surface area contributed by atoms with Crippen molar-refractivity contribution < 1.29 is 19.9 Å². The average Bonchev–Trinajstić information content (AvgIpc) is 2.37. The molecule has 110 valence electrons. The van der Waals surface area contributed by atoms with Crippen LogP contribution in [0.5, 0.6) is 0 Å². The van der Waals surface area contributed by atoms with Crippen molar-refractivity contribution in [3.8, 4) is 0 Å². The van der Waals surface area contributed by atoms with Gasteiger partial charge in [-0.1, -0.05) is 11.8 Å². The first-order valence-electron chi connectivity index (χ1n) is 5.72. The summed E-state index contributed by atoms with van der Waals surface area (Å²) in [5, 5.41) is 30.3. The molecule has 0 saturated heterocycles. The third-order valence-electron chi connectivity index (χ3n) is 2.55. The number of rotatable bonds is 6. The van der Waals surface area contributed by atoms with Gasteiger partial charge in [-0.3, -0.25) is 14.9 Å². The van der Waals surface area contributed by atoms with E-state index in [4.69, 9.17) is 5.73 Å².